The van der Waals surface area contributed by atoms with Gasteiger partial charge < -0.3 is 9.64 Å². The van der Waals surface area contributed by atoms with Gasteiger partial charge in [0.2, 0.25) is 0 Å². The van der Waals surface area contributed by atoms with Crippen LogP contribution < -0.4 is 4.90 Å². The number of nitrogens with zero attached hydrogens (tertiary/aromatic N) is 2. The van der Waals surface area contributed by atoms with Gasteiger partial charge in [-0.2, -0.15) is 0 Å². The molecule has 1 aliphatic rings. The number of rotatable bonds is 3. The summed E-state index contributed by atoms with van der Waals surface area (Å²) in [6.07, 6.45) is 3.64. The van der Waals surface area contributed by atoms with Gasteiger partial charge in [-0.1, -0.05) is 0 Å². The van der Waals surface area contributed by atoms with Crippen LogP contribution in [0.1, 0.15) is 25.5 Å². The average molecular weight is 248 g/mol. The maximum absolute atomic E-state index is 11.6. The summed E-state index contributed by atoms with van der Waals surface area (Å²) in [6, 6.07) is 4.11. The third kappa shape index (κ3) is 3.00. The second-order valence-corrected chi connectivity index (χ2v) is 4.67. The Morgan fingerprint density at radius 2 is 2.17 bits per heavy atom. The first-order valence-electron chi connectivity index (χ1n) is 6.55. The third-order valence-electron chi connectivity index (χ3n) is 3.38. The fourth-order valence-corrected chi connectivity index (χ4v) is 2.28. The Morgan fingerprint density at radius 3 is 2.72 bits per heavy atom. The van der Waals surface area contributed by atoms with Gasteiger partial charge in [0.15, 0.2) is 0 Å². The first-order chi connectivity index (χ1) is 8.70. The number of hydrogen-bond acceptors (Lipinski definition) is 4. The predicted molar refractivity (Wildman–Crippen MR) is 70.5 cm³/mol. The molecular formula is C14H20N2O2. The van der Waals surface area contributed by atoms with Gasteiger partial charge in [0, 0.05) is 18.8 Å². The molecule has 0 saturated carbocycles. The Bertz CT molecular complexity index is 395. The second-order valence-electron chi connectivity index (χ2n) is 4.67. The van der Waals surface area contributed by atoms with Crippen molar-refractivity contribution in [2.75, 3.05) is 24.6 Å². The standard InChI is InChI=1S/C14H20N2O2/c1-3-18-14(17)12-6-8-16(9-7-12)13-5-4-11(2)15-10-13/h4-5,10,12H,3,6-9H2,1-2H3. The lowest BCUT2D eigenvalue weighted by molar-refractivity contribution is -0.148. The van der Waals surface area contributed by atoms with Crippen molar-refractivity contribution < 1.29 is 9.53 Å². The molecule has 0 amide bonds. The molecule has 98 valence electrons. The van der Waals surface area contributed by atoms with Crippen LogP contribution in [0.5, 0.6) is 0 Å². The van der Waals surface area contributed by atoms with Gasteiger partial charge in [0.05, 0.1) is 24.4 Å². The molecule has 1 aromatic rings. The molecule has 0 radical (unpaired) electrons. The van der Waals surface area contributed by atoms with E-state index in [4.69, 9.17) is 4.74 Å². The van der Waals surface area contributed by atoms with E-state index in [1.165, 1.54) is 0 Å². The van der Waals surface area contributed by atoms with Gasteiger partial charge in [0.1, 0.15) is 0 Å². The Hall–Kier alpha value is -1.58. The summed E-state index contributed by atoms with van der Waals surface area (Å²) in [7, 11) is 0. The molecule has 4 heteroatoms. The number of piperidine rings is 1. The highest BCUT2D eigenvalue weighted by Gasteiger charge is 2.25. The van der Waals surface area contributed by atoms with E-state index in [1.807, 2.05) is 26.1 Å². The zero-order valence-corrected chi connectivity index (χ0v) is 11.1. The second kappa shape index (κ2) is 5.85. The average Bonchev–Trinajstić information content (AvgIpc) is 2.40. The molecule has 18 heavy (non-hydrogen) atoms. The van der Waals surface area contributed by atoms with Crippen molar-refractivity contribution in [3.05, 3.63) is 24.0 Å². The van der Waals surface area contributed by atoms with Crippen LogP contribution in [-0.2, 0) is 9.53 Å². The van der Waals surface area contributed by atoms with Crippen molar-refractivity contribution in [2.45, 2.75) is 26.7 Å². The molecule has 4 nitrogen and oxygen atoms in total. The number of aryl methyl sites for hydroxylation is 1. The zero-order valence-electron chi connectivity index (χ0n) is 11.1. The van der Waals surface area contributed by atoms with Crippen LogP contribution >= 0.6 is 0 Å². The lowest BCUT2D eigenvalue weighted by Gasteiger charge is -2.32. The number of carbonyl (C=O) groups excluding carboxylic acids is 1. The highest BCUT2D eigenvalue weighted by Crippen LogP contribution is 2.23. The van der Waals surface area contributed by atoms with Gasteiger partial charge in [0.25, 0.3) is 0 Å². The molecule has 0 aromatic carbocycles. The molecule has 2 heterocycles. The minimum absolute atomic E-state index is 0.0424. The normalized spacial score (nSPS) is 16.7. The molecule has 1 aromatic heterocycles. The highest BCUT2D eigenvalue weighted by atomic mass is 16.5. The van der Waals surface area contributed by atoms with Gasteiger partial charge in [-0.25, -0.2) is 0 Å². The van der Waals surface area contributed by atoms with E-state index < -0.39 is 0 Å². The Morgan fingerprint density at radius 1 is 1.44 bits per heavy atom. The van der Waals surface area contributed by atoms with Gasteiger partial charge in [-0.3, -0.25) is 9.78 Å². The molecule has 1 aliphatic heterocycles. The van der Waals surface area contributed by atoms with Crippen molar-refractivity contribution in [3.8, 4) is 0 Å². The third-order valence-corrected chi connectivity index (χ3v) is 3.38. The van der Waals surface area contributed by atoms with E-state index >= 15 is 0 Å². The number of anilines is 1. The Balaban J connectivity index is 1.90. The Kier molecular flexibility index (Phi) is 4.18. The fraction of sp³-hybridized carbons (Fsp3) is 0.571. The summed E-state index contributed by atoms with van der Waals surface area (Å²) in [5.41, 5.74) is 2.17. The number of aromatic nitrogens is 1. The lowest BCUT2D eigenvalue weighted by Crippen LogP contribution is -2.37. The number of ether oxygens (including phenoxy) is 1. The summed E-state index contributed by atoms with van der Waals surface area (Å²) in [4.78, 5) is 18.2. The number of esters is 1. The van der Waals surface area contributed by atoms with Crippen LogP contribution in [0.4, 0.5) is 5.69 Å². The van der Waals surface area contributed by atoms with Crippen LogP contribution in [0.25, 0.3) is 0 Å². The summed E-state index contributed by atoms with van der Waals surface area (Å²) >= 11 is 0. The topological polar surface area (TPSA) is 42.4 Å². The summed E-state index contributed by atoms with van der Waals surface area (Å²) in [5, 5.41) is 0. The smallest absolute Gasteiger partial charge is 0.309 e. The fourth-order valence-electron chi connectivity index (χ4n) is 2.28. The van der Waals surface area contributed by atoms with E-state index in [2.05, 4.69) is 16.0 Å². The lowest BCUT2D eigenvalue weighted by atomic mass is 9.97. The molecule has 0 aliphatic carbocycles. The van der Waals surface area contributed by atoms with E-state index in [1.54, 1.807) is 0 Å². The summed E-state index contributed by atoms with van der Waals surface area (Å²) in [5.74, 6) is 0.0267. The molecule has 0 bridgehead atoms. The molecule has 1 saturated heterocycles. The number of hydrogen-bond donors (Lipinski definition) is 0. The van der Waals surface area contributed by atoms with E-state index in [0.717, 1.165) is 37.3 Å². The van der Waals surface area contributed by atoms with Crippen molar-refractivity contribution in [2.24, 2.45) is 5.92 Å². The molecule has 0 N–H and O–H groups in total. The maximum atomic E-state index is 11.6. The van der Waals surface area contributed by atoms with Crippen molar-refractivity contribution in [3.63, 3.8) is 0 Å². The first-order valence-corrected chi connectivity index (χ1v) is 6.55. The van der Waals surface area contributed by atoms with Crippen LogP contribution in [0.2, 0.25) is 0 Å². The molecule has 0 spiro atoms. The Labute approximate surface area is 108 Å². The van der Waals surface area contributed by atoms with E-state index in [-0.39, 0.29) is 11.9 Å². The van der Waals surface area contributed by atoms with Crippen molar-refractivity contribution >= 4 is 11.7 Å². The SMILES string of the molecule is CCOC(=O)C1CCN(c2ccc(C)nc2)CC1. The maximum Gasteiger partial charge on any atom is 0.309 e. The largest absolute Gasteiger partial charge is 0.466 e. The van der Waals surface area contributed by atoms with Gasteiger partial charge in [-0.15, -0.1) is 0 Å². The number of pyridine rings is 1. The molecule has 1 fully saturated rings. The van der Waals surface area contributed by atoms with Gasteiger partial charge >= 0.3 is 5.97 Å². The minimum atomic E-state index is -0.0424. The highest BCUT2D eigenvalue weighted by molar-refractivity contribution is 5.72. The van der Waals surface area contributed by atoms with Crippen LogP contribution in [-0.4, -0.2) is 30.6 Å². The number of carbonyl (C=O) groups is 1. The van der Waals surface area contributed by atoms with Gasteiger partial charge in [-0.05, 0) is 38.8 Å². The molecule has 0 atom stereocenters. The van der Waals surface area contributed by atoms with Crippen LogP contribution in [0.3, 0.4) is 0 Å². The van der Waals surface area contributed by atoms with Crippen molar-refractivity contribution in [1.82, 2.24) is 4.98 Å². The predicted octanol–water partition coefficient (Wildman–Crippen LogP) is 2.17. The van der Waals surface area contributed by atoms with E-state index in [0.29, 0.717) is 6.61 Å². The van der Waals surface area contributed by atoms with Crippen LogP contribution in [0, 0.1) is 12.8 Å². The van der Waals surface area contributed by atoms with Crippen LogP contribution in [0.15, 0.2) is 18.3 Å². The monoisotopic (exact) mass is 248 g/mol. The summed E-state index contributed by atoms with van der Waals surface area (Å²) < 4.78 is 5.07. The molecular weight excluding hydrogens is 228 g/mol. The molecule has 0 unspecified atom stereocenters. The molecule has 2 rings (SSSR count). The van der Waals surface area contributed by atoms with E-state index in [9.17, 15) is 4.79 Å². The van der Waals surface area contributed by atoms with Crippen molar-refractivity contribution in [1.29, 1.82) is 0 Å². The first kappa shape index (κ1) is 12.9. The zero-order chi connectivity index (χ0) is 13.0. The minimum Gasteiger partial charge on any atom is -0.466 e. The summed E-state index contributed by atoms with van der Waals surface area (Å²) in [6.45, 7) is 6.10. The quantitative estimate of drug-likeness (QED) is 0.769.